The molecule has 3 N–H and O–H groups in total. The molecule has 8 heteroatoms. The van der Waals surface area contributed by atoms with Crippen molar-refractivity contribution in [1.29, 1.82) is 10.8 Å². The Morgan fingerprint density at radius 3 is 2.08 bits per heavy atom. The Bertz CT molecular complexity index is 1470. The number of allylic oxidation sites excluding steroid dienone is 4. The van der Waals surface area contributed by atoms with Crippen LogP contribution in [-0.2, 0) is 4.79 Å². The molecule has 0 aliphatic carbocycles. The van der Waals surface area contributed by atoms with Crippen LogP contribution in [0.25, 0.3) is 11.8 Å². The summed E-state index contributed by atoms with van der Waals surface area (Å²) in [5.74, 6) is -2.26. The number of alkyl halides is 2. The number of aliphatic imine (C=N–C) groups is 1. The molecule has 0 bridgehead atoms. The summed E-state index contributed by atoms with van der Waals surface area (Å²) in [7, 11) is 4.24. The quantitative estimate of drug-likeness (QED) is 0.0819. The number of hydrogen-bond donors (Lipinski definition) is 3. The molecule has 0 amide bonds. The predicted molar refractivity (Wildman–Crippen MR) is 219 cm³/mol. The van der Waals surface area contributed by atoms with Crippen molar-refractivity contribution in [2.45, 2.75) is 113 Å². The Balaban J connectivity index is 0.00000121. The third-order valence-corrected chi connectivity index (χ3v) is 7.77. The number of anilines is 1. The second-order valence-electron chi connectivity index (χ2n) is 13.5. The predicted octanol–water partition coefficient (Wildman–Crippen LogP) is 12.0. The fraction of sp³-hybridized carbons (Fsp3) is 0.488. The first-order chi connectivity index (χ1) is 24.0. The number of nitrogens with zero attached hydrogens (tertiary/aromatic N) is 2. The Morgan fingerprint density at radius 1 is 0.980 bits per heavy atom. The molecule has 0 heterocycles. The summed E-state index contributed by atoms with van der Waals surface area (Å²) in [6.07, 6.45) is 14.8. The number of unbranched alkanes of at least 4 members (excludes halogenated alkanes) is 3. The van der Waals surface area contributed by atoms with E-state index in [1.807, 2.05) is 83.2 Å². The molecule has 2 aromatic rings. The Labute approximate surface area is 308 Å². The molecule has 0 aromatic heterocycles. The van der Waals surface area contributed by atoms with Crippen molar-refractivity contribution in [3.8, 4) is 0 Å². The highest BCUT2D eigenvalue weighted by Crippen LogP contribution is 2.26. The Kier molecular flexibility index (Phi) is 23.8. The first-order valence-electron chi connectivity index (χ1n) is 18.2. The van der Waals surface area contributed by atoms with E-state index in [0.717, 1.165) is 58.4 Å². The number of hydrogen-bond acceptors (Lipinski definition) is 6. The molecule has 0 atom stereocenters. The van der Waals surface area contributed by atoms with Crippen LogP contribution < -0.4 is 5.32 Å². The minimum atomic E-state index is -2.44. The summed E-state index contributed by atoms with van der Waals surface area (Å²) in [5.41, 5.74) is 7.58. The molecule has 0 fully saturated rings. The van der Waals surface area contributed by atoms with Crippen molar-refractivity contribution in [2.75, 3.05) is 26.0 Å². The van der Waals surface area contributed by atoms with Crippen LogP contribution in [0.1, 0.15) is 123 Å². The maximum Gasteiger partial charge on any atom is 0.248 e. The van der Waals surface area contributed by atoms with Gasteiger partial charge in [-0.2, -0.15) is 0 Å². The number of aryl methyl sites for hydroxylation is 1. The molecule has 0 saturated carbocycles. The number of Topliss-reactive ketones (excluding diaryl/α,β-unsaturated/α-hetero) is 1. The van der Waals surface area contributed by atoms with Crippen molar-refractivity contribution in [3.63, 3.8) is 0 Å². The average molecular weight is 706 g/mol. The first kappa shape index (κ1) is 47.0. The van der Waals surface area contributed by atoms with E-state index in [1.54, 1.807) is 13.1 Å². The summed E-state index contributed by atoms with van der Waals surface area (Å²) >= 11 is 0. The maximum absolute atomic E-state index is 12.4. The van der Waals surface area contributed by atoms with E-state index in [2.05, 4.69) is 50.3 Å². The van der Waals surface area contributed by atoms with Gasteiger partial charge >= 0.3 is 0 Å². The van der Waals surface area contributed by atoms with Gasteiger partial charge in [-0.25, -0.2) is 8.78 Å². The summed E-state index contributed by atoms with van der Waals surface area (Å²) in [6.45, 7) is 18.2. The van der Waals surface area contributed by atoms with Crippen LogP contribution in [-0.4, -0.2) is 55.4 Å². The van der Waals surface area contributed by atoms with Crippen molar-refractivity contribution in [1.82, 2.24) is 4.90 Å². The van der Waals surface area contributed by atoms with Gasteiger partial charge in [0.05, 0.1) is 11.4 Å². The van der Waals surface area contributed by atoms with E-state index in [0.29, 0.717) is 5.56 Å². The van der Waals surface area contributed by atoms with Gasteiger partial charge in [0.1, 0.15) is 0 Å². The van der Waals surface area contributed by atoms with Crippen molar-refractivity contribution in [3.05, 3.63) is 88.1 Å². The number of carbonyl (C=O) groups is 1. The first-order valence-corrected chi connectivity index (χ1v) is 18.2. The standard InChI is InChI=1S/C29H34N4O.C7H14F2.C7H17N/c1-6-7-8-29(26-10-9-25(21(3)18-26)17-20(2)23(5)34)32-16-15-22(4)33-27-13-11-24(12-14-27)28(31)19-30;1-4-7(8,9)5-6(2)3;1-4-5-6-7-8(2)3/h8-19,30-31,33H,6-7H2,1-5H3;6H,4-5H2,1-3H3;4-7H2,1-3H3/b20-17+,22-15+,29-8+,30-19?,31-28?,32-16+;;. The van der Waals surface area contributed by atoms with Crippen molar-refractivity contribution < 1.29 is 13.6 Å². The van der Waals surface area contributed by atoms with Crippen LogP contribution >= 0.6 is 0 Å². The summed E-state index contributed by atoms with van der Waals surface area (Å²) in [5, 5.41) is 18.2. The van der Waals surface area contributed by atoms with E-state index < -0.39 is 5.92 Å². The van der Waals surface area contributed by atoms with E-state index >= 15 is 0 Å². The third-order valence-electron chi connectivity index (χ3n) is 7.77. The van der Waals surface area contributed by atoms with E-state index in [-0.39, 0.29) is 30.3 Å². The van der Waals surface area contributed by atoms with Crippen LogP contribution in [0.5, 0.6) is 0 Å². The van der Waals surface area contributed by atoms with Crippen LogP contribution in [0.3, 0.4) is 0 Å². The van der Waals surface area contributed by atoms with Crippen LogP contribution in [0.15, 0.2) is 70.9 Å². The number of ketones is 1. The zero-order valence-electron chi connectivity index (χ0n) is 33.2. The largest absolute Gasteiger partial charge is 0.359 e. The second-order valence-corrected chi connectivity index (χ2v) is 13.5. The maximum atomic E-state index is 12.4. The van der Waals surface area contributed by atoms with E-state index in [1.165, 1.54) is 32.7 Å². The molecule has 51 heavy (non-hydrogen) atoms. The van der Waals surface area contributed by atoms with Gasteiger partial charge in [-0.3, -0.25) is 15.2 Å². The number of rotatable bonds is 18. The molecule has 282 valence electrons. The molecule has 0 spiro atoms. The van der Waals surface area contributed by atoms with Gasteiger partial charge in [0.15, 0.2) is 5.78 Å². The fourth-order valence-corrected chi connectivity index (χ4v) is 4.59. The molecule has 2 aromatic carbocycles. The molecular weight excluding hydrogens is 641 g/mol. The fourth-order valence-electron chi connectivity index (χ4n) is 4.59. The number of benzene rings is 2. The summed E-state index contributed by atoms with van der Waals surface area (Å²) in [6, 6.07) is 13.6. The molecule has 0 aliphatic heterocycles. The third kappa shape index (κ3) is 21.7. The lowest BCUT2D eigenvalue weighted by molar-refractivity contribution is -0.113. The van der Waals surface area contributed by atoms with Gasteiger partial charge in [-0.05, 0) is 114 Å². The van der Waals surface area contributed by atoms with Gasteiger partial charge in [-0.15, -0.1) is 0 Å². The van der Waals surface area contributed by atoms with E-state index in [4.69, 9.17) is 15.8 Å². The van der Waals surface area contributed by atoms with Gasteiger partial charge in [0.2, 0.25) is 5.92 Å². The van der Waals surface area contributed by atoms with E-state index in [9.17, 15) is 13.6 Å². The topological polar surface area (TPSA) is 92.4 Å². The minimum absolute atomic E-state index is 0.0174. The molecular formula is C43H65F2N5O. The summed E-state index contributed by atoms with van der Waals surface area (Å²) < 4.78 is 24.8. The summed E-state index contributed by atoms with van der Waals surface area (Å²) in [4.78, 5) is 18.5. The number of carbonyl (C=O) groups excluding carboxylic acids is 1. The smallest absolute Gasteiger partial charge is 0.248 e. The molecule has 6 nitrogen and oxygen atoms in total. The number of nitrogens with one attached hydrogen (secondary N) is 3. The molecule has 0 unspecified atom stereocenters. The SMILES string of the molecule is CCC(F)(F)CC(C)C.CCC/C=C(/N=C/C=C(\C)Nc1ccc(C(=N)C=N)cc1)c1ccc(/C=C(\C)C(C)=O)c(C)c1.CCCCCN(C)C. The van der Waals surface area contributed by atoms with Crippen LogP contribution in [0.4, 0.5) is 14.5 Å². The highest BCUT2D eigenvalue weighted by atomic mass is 19.3. The van der Waals surface area contributed by atoms with Gasteiger partial charge < -0.3 is 15.6 Å². The highest BCUT2D eigenvalue weighted by Gasteiger charge is 2.26. The normalized spacial score (nSPS) is 12.3. The average Bonchev–Trinajstić information content (AvgIpc) is 3.07. The monoisotopic (exact) mass is 706 g/mol. The molecule has 0 aliphatic rings. The molecule has 0 radical (unpaired) electrons. The second kappa shape index (κ2) is 25.8. The van der Waals surface area contributed by atoms with Crippen molar-refractivity contribution >= 4 is 41.4 Å². The van der Waals surface area contributed by atoms with Crippen LogP contribution in [0.2, 0.25) is 0 Å². The zero-order valence-corrected chi connectivity index (χ0v) is 33.2. The lowest BCUT2D eigenvalue weighted by Crippen LogP contribution is -2.16. The Morgan fingerprint density at radius 2 is 1.61 bits per heavy atom. The number of halogens is 2. The minimum Gasteiger partial charge on any atom is -0.359 e. The lowest BCUT2D eigenvalue weighted by Gasteiger charge is -2.15. The van der Waals surface area contributed by atoms with Gasteiger partial charge in [0.25, 0.3) is 0 Å². The van der Waals surface area contributed by atoms with Gasteiger partial charge in [-0.1, -0.05) is 84.2 Å². The Hall–Kier alpha value is -4.04. The molecule has 2 rings (SSSR count). The highest BCUT2D eigenvalue weighted by molar-refractivity contribution is 6.35. The van der Waals surface area contributed by atoms with Crippen molar-refractivity contribution in [2.24, 2.45) is 10.9 Å². The lowest BCUT2D eigenvalue weighted by atomic mass is 10.0. The zero-order chi connectivity index (χ0) is 39.0. The molecule has 0 saturated heterocycles. The van der Waals surface area contributed by atoms with Crippen LogP contribution in [0, 0.1) is 23.7 Å². The van der Waals surface area contributed by atoms with Gasteiger partial charge in [0, 0.05) is 47.8 Å².